The van der Waals surface area contributed by atoms with Crippen LogP contribution in [0.5, 0.6) is 0 Å². The van der Waals surface area contributed by atoms with Crippen LogP contribution in [0.15, 0.2) is 12.7 Å². The first kappa shape index (κ1) is 11.7. The molecule has 0 aromatic rings. The lowest BCUT2D eigenvalue weighted by Gasteiger charge is -2.27. The Hall–Kier alpha value is -1.81. The molecule has 5 atom stereocenters. The monoisotopic (exact) mass is 230 g/mol. The molecule has 2 aliphatic carbocycles. The highest BCUT2D eigenvalue weighted by molar-refractivity contribution is 5.81. The maximum absolute atomic E-state index is 11.0. The molecule has 0 heterocycles. The van der Waals surface area contributed by atoms with Crippen LogP contribution >= 0.6 is 0 Å². The Morgan fingerprint density at radius 1 is 1.35 bits per heavy atom. The van der Waals surface area contributed by atoms with Crippen molar-refractivity contribution >= 4 is 5.97 Å². The van der Waals surface area contributed by atoms with E-state index in [9.17, 15) is 4.79 Å². The Morgan fingerprint density at radius 3 is 2.65 bits per heavy atom. The molecule has 0 amide bonds. The SMILES string of the molecule is C=CC(=O)OCC1CC2CC1C(C#N)C2C#N. The van der Waals surface area contributed by atoms with Crippen molar-refractivity contribution < 1.29 is 9.53 Å². The van der Waals surface area contributed by atoms with Gasteiger partial charge in [-0.15, -0.1) is 0 Å². The Kier molecular flexibility index (Phi) is 3.15. The molecule has 2 rings (SSSR count). The fourth-order valence-corrected chi connectivity index (χ4v) is 3.30. The topological polar surface area (TPSA) is 73.9 Å². The Morgan fingerprint density at radius 2 is 2.06 bits per heavy atom. The Bertz CT molecular complexity index is 418. The lowest BCUT2D eigenvalue weighted by Crippen LogP contribution is -2.29. The van der Waals surface area contributed by atoms with E-state index in [-0.39, 0.29) is 23.7 Å². The first-order chi connectivity index (χ1) is 8.21. The van der Waals surface area contributed by atoms with Gasteiger partial charge in [0, 0.05) is 6.08 Å². The van der Waals surface area contributed by atoms with E-state index in [2.05, 4.69) is 18.7 Å². The van der Waals surface area contributed by atoms with Crippen molar-refractivity contribution in [3.63, 3.8) is 0 Å². The third kappa shape index (κ3) is 1.91. The molecule has 4 heteroatoms. The van der Waals surface area contributed by atoms with E-state index in [4.69, 9.17) is 15.3 Å². The van der Waals surface area contributed by atoms with Crippen LogP contribution in [0.3, 0.4) is 0 Å². The van der Waals surface area contributed by atoms with Crippen LogP contribution in [0.4, 0.5) is 0 Å². The van der Waals surface area contributed by atoms with Gasteiger partial charge in [-0.3, -0.25) is 0 Å². The maximum Gasteiger partial charge on any atom is 0.330 e. The van der Waals surface area contributed by atoms with Crippen LogP contribution < -0.4 is 0 Å². The average molecular weight is 230 g/mol. The number of fused-ring (bicyclic) bond motifs is 2. The minimum Gasteiger partial charge on any atom is -0.462 e. The van der Waals surface area contributed by atoms with Gasteiger partial charge in [-0.05, 0) is 30.6 Å². The largest absolute Gasteiger partial charge is 0.462 e. The summed E-state index contributed by atoms with van der Waals surface area (Å²) in [5.41, 5.74) is 0. The average Bonchev–Trinajstić information content (AvgIpc) is 2.91. The van der Waals surface area contributed by atoms with Crippen LogP contribution in [0.1, 0.15) is 12.8 Å². The highest BCUT2D eigenvalue weighted by Crippen LogP contribution is 2.54. The zero-order valence-electron chi connectivity index (χ0n) is 9.50. The summed E-state index contributed by atoms with van der Waals surface area (Å²) in [4.78, 5) is 11.0. The number of carbonyl (C=O) groups excluding carboxylic acids is 1. The second kappa shape index (κ2) is 4.59. The van der Waals surface area contributed by atoms with Crippen molar-refractivity contribution in [2.45, 2.75) is 12.8 Å². The van der Waals surface area contributed by atoms with Crippen LogP contribution in [-0.4, -0.2) is 12.6 Å². The molecule has 0 aliphatic heterocycles. The second-order valence-electron chi connectivity index (χ2n) is 4.80. The molecular weight excluding hydrogens is 216 g/mol. The van der Waals surface area contributed by atoms with Gasteiger partial charge >= 0.3 is 5.97 Å². The molecule has 0 aromatic carbocycles. The first-order valence-corrected chi connectivity index (χ1v) is 5.79. The third-order valence-corrected chi connectivity index (χ3v) is 4.05. The van der Waals surface area contributed by atoms with Crippen molar-refractivity contribution in [3.05, 3.63) is 12.7 Å². The van der Waals surface area contributed by atoms with E-state index < -0.39 is 5.97 Å². The quantitative estimate of drug-likeness (QED) is 0.545. The van der Waals surface area contributed by atoms with E-state index in [1.807, 2.05) is 0 Å². The van der Waals surface area contributed by atoms with Gasteiger partial charge in [0.2, 0.25) is 0 Å². The maximum atomic E-state index is 11.0. The molecular formula is C13H14N2O2. The summed E-state index contributed by atoms with van der Waals surface area (Å²) in [7, 11) is 0. The Labute approximate surface area is 100 Å². The van der Waals surface area contributed by atoms with Gasteiger partial charge in [-0.25, -0.2) is 4.79 Å². The molecule has 0 radical (unpaired) electrons. The van der Waals surface area contributed by atoms with Crippen molar-refractivity contribution in [2.75, 3.05) is 6.61 Å². The smallest absolute Gasteiger partial charge is 0.330 e. The predicted molar refractivity (Wildman–Crippen MR) is 59.1 cm³/mol. The van der Waals surface area contributed by atoms with E-state index in [0.29, 0.717) is 12.5 Å². The standard InChI is InChI=1S/C13H14N2O2/c1-2-13(16)17-7-9-3-8-4-10(9)12(6-15)11(8)5-14/h2,8-12H,1,3-4,7H2. The predicted octanol–water partition coefficient (Wildman–Crippen LogP) is 1.65. The summed E-state index contributed by atoms with van der Waals surface area (Å²) in [5.74, 6) is 0.0214. The zero-order chi connectivity index (χ0) is 12.4. The molecule has 2 saturated carbocycles. The number of nitriles is 2. The van der Waals surface area contributed by atoms with Gasteiger partial charge in [-0.2, -0.15) is 10.5 Å². The minimum atomic E-state index is -0.418. The zero-order valence-corrected chi connectivity index (χ0v) is 9.50. The van der Waals surface area contributed by atoms with E-state index in [0.717, 1.165) is 18.9 Å². The lowest BCUT2D eigenvalue weighted by molar-refractivity contribution is -0.139. The van der Waals surface area contributed by atoms with Crippen LogP contribution in [-0.2, 0) is 9.53 Å². The van der Waals surface area contributed by atoms with Gasteiger partial charge < -0.3 is 4.74 Å². The van der Waals surface area contributed by atoms with Crippen LogP contribution in [0.2, 0.25) is 0 Å². The number of hydrogen-bond acceptors (Lipinski definition) is 4. The third-order valence-electron chi connectivity index (χ3n) is 4.05. The summed E-state index contributed by atoms with van der Waals surface area (Å²) in [6.07, 6.45) is 2.96. The highest BCUT2D eigenvalue weighted by atomic mass is 16.5. The molecule has 0 aromatic heterocycles. The fourth-order valence-electron chi connectivity index (χ4n) is 3.30. The molecule has 5 unspecified atom stereocenters. The summed E-state index contributed by atoms with van der Waals surface area (Å²) in [6, 6.07) is 4.49. The van der Waals surface area contributed by atoms with Crippen molar-refractivity contribution in [3.8, 4) is 12.1 Å². The van der Waals surface area contributed by atoms with Crippen LogP contribution in [0.25, 0.3) is 0 Å². The molecule has 17 heavy (non-hydrogen) atoms. The number of esters is 1. The van der Waals surface area contributed by atoms with Gasteiger partial charge in [-0.1, -0.05) is 6.58 Å². The summed E-state index contributed by atoms with van der Waals surface area (Å²) in [6.45, 7) is 3.69. The molecule has 2 aliphatic rings. The van der Waals surface area contributed by atoms with Crippen molar-refractivity contribution in [2.24, 2.45) is 29.6 Å². The Balaban J connectivity index is 1.98. The van der Waals surface area contributed by atoms with Gasteiger partial charge in [0.05, 0.1) is 30.6 Å². The van der Waals surface area contributed by atoms with Crippen LogP contribution in [0, 0.1) is 52.3 Å². The van der Waals surface area contributed by atoms with Gasteiger partial charge in [0.25, 0.3) is 0 Å². The van der Waals surface area contributed by atoms with Gasteiger partial charge in [0.15, 0.2) is 0 Å². The van der Waals surface area contributed by atoms with Crippen molar-refractivity contribution in [1.29, 1.82) is 10.5 Å². The molecule has 0 spiro atoms. The first-order valence-electron chi connectivity index (χ1n) is 5.79. The summed E-state index contributed by atoms with van der Waals surface area (Å²) in [5, 5.41) is 18.1. The molecule has 0 N–H and O–H groups in total. The number of carbonyl (C=O) groups is 1. The number of nitrogens with zero attached hydrogens (tertiary/aromatic N) is 2. The van der Waals surface area contributed by atoms with Gasteiger partial charge in [0.1, 0.15) is 0 Å². The second-order valence-corrected chi connectivity index (χ2v) is 4.80. The summed E-state index contributed by atoms with van der Waals surface area (Å²) >= 11 is 0. The number of rotatable bonds is 3. The molecule has 2 fully saturated rings. The number of hydrogen-bond donors (Lipinski definition) is 0. The number of ether oxygens (including phenoxy) is 1. The fraction of sp³-hybridized carbons (Fsp3) is 0.615. The van der Waals surface area contributed by atoms with E-state index >= 15 is 0 Å². The van der Waals surface area contributed by atoms with E-state index in [1.165, 1.54) is 0 Å². The lowest BCUT2D eigenvalue weighted by atomic mass is 9.75. The molecule has 2 bridgehead atoms. The summed E-state index contributed by atoms with van der Waals surface area (Å²) < 4.78 is 5.04. The van der Waals surface area contributed by atoms with E-state index in [1.54, 1.807) is 0 Å². The molecule has 88 valence electrons. The van der Waals surface area contributed by atoms with Crippen molar-refractivity contribution in [1.82, 2.24) is 0 Å². The normalized spacial score (nSPS) is 38.1. The molecule has 0 saturated heterocycles. The highest BCUT2D eigenvalue weighted by Gasteiger charge is 2.53. The minimum absolute atomic E-state index is 0.128. The molecule has 4 nitrogen and oxygen atoms in total.